The van der Waals surface area contributed by atoms with E-state index in [2.05, 4.69) is 0 Å². The monoisotopic (exact) mass is 389 g/mol. The molecule has 0 aliphatic carbocycles. The largest absolute Gasteiger partial charge is 0.497 e. The predicted molar refractivity (Wildman–Crippen MR) is 94.7 cm³/mol. The van der Waals surface area contributed by atoms with Gasteiger partial charge >= 0.3 is 0 Å². The highest BCUT2D eigenvalue weighted by Crippen LogP contribution is 2.30. The highest BCUT2D eigenvalue weighted by molar-refractivity contribution is 7.89. The average molecular weight is 390 g/mol. The molecule has 2 rings (SSSR count). The lowest BCUT2D eigenvalue weighted by Gasteiger charge is -2.20. The minimum absolute atomic E-state index is 0.0355. The number of rotatable bonds is 6. The minimum Gasteiger partial charge on any atom is -0.497 e. The van der Waals surface area contributed by atoms with Crippen molar-refractivity contribution >= 4 is 33.2 Å². The molecule has 0 atom stereocenters. The summed E-state index contributed by atoms with van der Waals surface area (Å²) in [5.74, 6) is 1.16. The van der Waals surface area contributed by atoms with Gasteiger partial charge in [-0.15, -0.1) is 0 Å². The Morgan fingerprint density at radius 1 is 1.04 bits per heavy atom. The van der Waals surface area contributed by atoms with Crippen LogP contribution in [0.3, 0.4) is 0 Å². The van der Waals surface area contributed by atoms with Crippen molar-refractivity contribution in [3.05, 3.63) is 52.0 Å². The standard InChI is InChI=1S/C16H17Cl2NO4S/c1-19(10-11-4-6-13(22-2)9-15(11)23-3)24(20,21)16-8-12(17)5-7-14(16)18/h4-9H,10H2,1-3H3. The highest BCUT2D eigenvalue weighted by Gasteiger charge is 2.25. The van der Waals surface area contributed by atoms with E-state index in [1.165, 1.54) is 36.7 Å². The summed E-state index contributed by atoms with van der Waals surface area (Å²) in [6.07, 6.45) is 0. The van der Waals surface area contributed by atoms with Crippen LogP contribution in [0.1, 0.15) is 5.56 Å². The number of halogens is 2. The molecule has 2 aromatic rings. The van der Waals surface area contributed by atoms with Crippen LogP contribution in [-0.2, 0) is 16.6 Å². The minimum atomic E-state index is -3.80. The molecule has 0 radical (unpaired) electrons. The molecular formula is C16H17Cl2NO4S. The summed E-state index contributed by atoms with van der Waals surface area (Å²) in [5.41, 5.74) is 0.697. The van der Waals surface area contributed by atoms with Crippen LogP contribution in [0.15, 0.2) is 41.3 Å². The Hall–Kier alpha value is -1.47. The molecule has 0 spiro atoms. The zero-order valence-corrected chi connectivity index (χ0v) is 15.7. The van der Waals surface area contributed by atoms with E-state index in [4.69, 9.17) is 32.7 Å². The van der Waals surface area contributed by atoms with Crippen molar-refractivity contribution in [1.29, 1.82) is 0 Å². The van der Waals surface area contributed by atoms with Crippen LogP contribution in [0.5, 0.6) is 11.5 Å². The third-order valence-electron chi connectivity index (χ3n) is 3.47. The Labute approximate surface area is 151 Å². The summed E-state index contributed by atoms with van der Waals surface area (Å²) in [6.45, 7) is 0.109. The SMILES string of the molecule is COc1ccc(CN(C)S(=O)(=O)c2cc(Cl)ccc2Cl)c(OC)c1. The Balaban J connectivity index is 2.35. The van der Waals surface area contributed by atoms with Gasteiger partial charge in [0.25, 0.3) is 0 Å². The third kappa shape index (κ3) is 3.95. The fourth-order valence-corrected chi connectivity index (χ4v) is 4.03. The molecule has 0 fully saturated rings. The van der Waals surface area contributed by atoms with Gasteiger partial charge in [0.15, 0.2) is 0 Å². The quantitative estimate of drug-likeness (QED) is 0.752. The Morgan fingerprint density at radius 2 is 1.75 bits per heavy atom. The maximum Gasteiger partial charge on any atom is 0.244 e. The fraction of sp³-hybridized carbons (Fsp3) is 0.250. The summed E-state index contributed by atoms with van der Waals surface area (Å²) < 4.78 is 37.1. The van der Waals surface area contributed by atoms with Gasteiger partial charge in [-0.1, -0.05) is 29.3 Å². The van der Waals surface area contributed by atoms with E-state index in [-0.39, 0.29) is 16.5 Å². The molecule has 0 bridgehead atoms. The number of methoxy groups -OCH3 is 2. The second kappa shape index (κ2) is 7.61. The van der Waals surface area contributed by atoms with Crippen molar-refractivity contribution in [2.75, 3.05) is 21.3 Å². The van der Waals surface area contributed by atoms with Gasteiger partial charge in [0, 0.05) is 30.2 Å². The molecule has 130 valence electrons. The van der Waals surface area contributed by atoms with Gasteiger partial charge in [0.05, 0.1) is 19.2 Å². The summed E-state index contributed by atoms with van der Waals surface area (Å²) in [7, 11) is 0.730. The molecule has 24 heavy (non-hydrogen) atoms. The Kier molecular flexibility index (Phi) is 5.98. The molecular weight excluding hydrogens is 373 g/mol. The summed E-state index contributed by atoms with van der Waals surface area (Å²) in [5, 5.41) is 0.418. The Morgan fingerprint density at radius 3 is 2.38 bits per heavy atom. The molecule has 8 heteroatoms. The topological polar surface area (TPSA) is 55.8 Å². The molecule has 0 unspecified atom stereocenters. The molecule has 0 saturated carbocycles. The molecule has 0 aliphatic heterocycles. The van der Waals surface area contributed by atoms with Gasteiger partial charge in [0.2, 0.25) is 10.0 Å². The second-order valence-corrected chi connectivity index (χ2v) is 7.87. The number of hydrogen-bond donors (Lipinski definition) is 0. The molecule has 2 aromatic carbocycles. The van der Waals surface area contributed by atoms with Crippen molar-refractivity contribution in [2.24, 2.45) is 0 Å². The van der Waals surface area contributed by atoms with Crippen LogP contribution in [0, 0.1) is 0 Å². The maximum atomic E-state index is 12.7. The van der Waals surface area contributed by atoms with Crippen molar-refractivity contribution in [2.45, 2.75) is 11.4 Å². The van der Waals surface area contributed by atoms with E-state index in [1.807, 2.05) is 0 Å². The number of nitrogens with zero attached hydrogens (tertiary/aromatic N) is 1. The molecule has 0 N–H and O–H groups in total. The van der Waals surface area contributed by atoms with Crippen LogP contribution in [0.4, 0.5) is 0 Å². The molecule has 0 aromatic heterocycles. The molecule has 0 heterocycles. The summed E-state index contributed by atoms with van der Waals surface area (Å²) in [6, 6.07) is 9.52. The van der Waals surface area contributed by atoms with E-state index >= 15 is 0 Å². The summed E-state index contributed by atoms with van der Waals surface area (Å²) in [4.78, 5) is -0.0355. The van der Waals surface area contributed by atoms with Gasteiger partial charge in [-0.05, 0) is 24.3 Å². The van der Waals surface area contributed by atoms with Gasteiger partial charge in [0.1, 0.15) is 16.4 Å². The van der Waals surface area contributed by atoms with E-state index in [0.717, 1.165) is 0 Å². The van der Waals surface area contributed by atoms with E-state index in [1.54, 1.807) is 25.3 Å². The first-order valence-corrected chi connectivity index (χ1v) is 9.11. The molecule has 0 aliphatic rings. The smallest absolute Gasteiger partial charge is 0.244 e. The van der Waals surface area contributed by atoms with Crippen molar-refractivity contribution in [1.82, 2.24) is 4.31 Å². The normalized spacial score (nSPS) is 11.6. The Bertz CT molecular complexity index is 840. The lowest BCUT2D eigenvalue weighted by Crippen LogP contribution is -2.27. The molecule has 0 saturated heterocycles. The van der Waals surface area contributed by atoms with Crippen molar-refractivity contribution < 1.29 is 17.9 Å². The van der Waals surface area contributed by atoms with Crippen LogP contribution in [0.25, 0.3) is 0 Å². The fourth-order valence-electron chi connectivity index (χ4n) is 2.15. The van der Waals surface area contributed by atoms with Crippen LogP contribution in [0.2, 0.25) is 10.0 Å². The van der Waals surface area contributed by atoms with Crippen molar-refractivity contribution in [3.8, 4) is 11.5 Å². The maximum absolute atomic E-state index is 12.7. The van der Waals surface area contributed by atoms with Gasteiger partial charge in [-0.2, -0.15) is 4.31 Å². The lowest BCUT2D eigenvalue weighted by molar-refractivity contribution is 0.384. The van der Waals surface area contributed by atoms with E-state index < -0.39 is 10.0 Å². The van der Waals surface area contributed by atoms with Crippen LogP contribution >= 0.6 is 23.2 Å². The zero-order chi connectivity index (χ0) is 17.9. The van der Waals surface area contributed by atoms with Gasteiger partial charge < -0.3 is 9.47 Å². The van der Waals surface area contributed by atoms with E-state index in [0.29, 0.717) is 22.1 Å². The van der Waals surface area contributed by atoms with E-state index in [9.17, 15) is 8.42 Å². The third-order valence-corrected chi connectivity index (χ3v) is 5.99. The predicted octanol–water partition coefficient (Wildman–Crippen LogP) is 3.83. The van der Waals surface area contributed by atoms with Crippen molar-refractivity contribution in [3.63, 3.8) is 0 Å². The highest BCUT2D eigenvalue weighted by atomic mass is 35.5. The first kappa shape index (κ1) is 18.9. The number of benzene rings is 2. The van der Waals surface area contributed by atoms with Crippen LogP contribution in [-0.4, -0.2) is 34.0 Å². The molecule has 5 nitrogen and oxygen atoms in total. The number of sulfonamides is 1. The first-order chi connectivity index (χ1) is 11.3. The second-order valence-electron chi connectivity index (χ2n) is 5.01. The first-order valence-electron chi connectivity index (χ1n) is 6.92. The number of hydrogen-bond acceptors (Lipinski definition) is 4. The van der Waals surface area contributed by atoms with Gasteiger partial charge in [-0.25, -0.2) is 8.42 Å². The van der Waals surface area contributed by atoms with Crippen LogP contribution < -0.4 is 9.47 Å². The molecule has 0 amide bonds. The zero-order valence-electron chi connectivity index (χ0n) is 13.4. The van der Waals surface area contributed by atoms with Gasteiger partial charge in [-0.3, -0.25) is 0 Å². The number of ether oxygens (including phenoxy) is 2. The lowest BCUT2D eigenvalue weighted by atomic mass is 10.2. The summed E-state index contributed by atoms with van der Waals surface area (Å²) >= 11 is 11.9. The average Bonchev–Trinajstić information content (AvgIpc) is 2.57.